The molecule has 130 valence electrons. The van der Waals surface area contributed by atoms with Crippen molar-refractivity contribution in [1.29, 1.82) is 0 Å². The lowest BCUT2D eigenvalue weighted by Crippen LogP contribution is -2.41. The number of aryl methyl sites for hydroxylation is 1. The van der Waals surface area contributed by atoms with E-state index in [0.29, 0.717) is 12.5 Å². The van der Waals surface area contributed by atoms with Crippen LogP contribution in [0.3, 0.4) is 0 Å². The van der Waals surface area contributed by atoms with Crippen molar-refractivity contribution in [3.63, 3.8) is 0 Å². The highest BCUT2D eigenvalue weighted by Gasteiger charge is 2.28. The van der Waals surface area contributed by atoms with Crippen LogP contribution in [0.4, 0.5) is 0 Å². The normalized spacial score (nSPS) is 19.4. The van der Waals surface area contributed by atoms with Gasteiger partial charge in [0.2, 0.25) is 0 Å². The van der Waals surface area contributed by atoms with Crippen LogP contribution in [0.5, 0.6) is 0 Å². The molecule has 1 aromatic heterocycles. The Bertz CT molecular complexity index is 521. The zero-order valence-electron chi connectivity index (χ0n) is 14.9. The molecular weight excluding hydrogens is 290 g/mol. The van der Waals surface area contributed by atoms with Gasteiger partial charge in [-0.25, -0.2) is 0 Å². The number of guanidine groups is 1. The summed E-state index contributed by atoms with van der Waals surface area (Å²) in [5.41, 5.74) is 0.604. The quantitative estimate of drug-likeness (QED) is 0.618. The van der Waals surface area contributed by atoms with Crippen LogP contribution in [0, 0.1) is 0 Å². The highest BCUT2D eigenvalue weighted by atomic mass is 16.3. The van der Waals surface area contributed by atoms with Crippen molar-refractivity contribution in [1.82, 2.24) is 20.0 Å². The Morgan fingerprint density at radius 3 is 2.74 bits per heavy atom. The summed E-state index contributed by atoms with van der Waals surface area (Å²) in [5.74, 6) is 1.42. The fourth-order valence-corrected chi connectivity index (χ4v) is 3.00. The van der Waals surface area contributed by atoms with Gasteiger partial charge in [-0.2, -0.15) is 5.10 Å². The molecule has 0 aliphatic carbocycles. The van der Waals surface area contributed by atoms with E-state index in [1.165, 1.54) is 5.56 Å². The van der Waals surface area contributed by atoms with Crippen molar-refractivity contribution < 1.29 is 5.11 Å². The topological polar surface area (TPSA) is 65.7 Å². The molecule has 2 N–H and O–H groups in total. The van der Waals surface area contributed by atoms with E-state index in [2.05, 4.69) is 28.4 Å². The van der Waals surface area contributed by atoms with Gasteiger partial charge in [0.25, 0.3) is 0 Å². The van der Waals surface area contributed by atoms with Crippen LogP contribution in [0.15, 0.2) is 17.4 Å². The van der Waals surface area contributed by atoms with Crippen LogP contribution in [0.25, 0.3) is 0 Å². The Morgan fingerprint density at radius 2 is 2.17 bits per heavy atom. The third-order valence-electron chi connectivity index (χ3n) is 4.86. The van der Waals surface area contributed by atoms with Gasteiger partial charge in [0.05, 0.1) is 18.3 Å². The number of aliphatic imine (C=N–C) groups is 1. The summed E-state index contributed by atoms with van der Waals surface area (Å²) in [7, 11) is 1.96. The maximum absolute atomic E-state index is 10.5. The van der Waals surface area contributed by atoms with Crippen molar-refractivity contribution in [2.24, 2.45) is 12.0 Å². The second-order valence-electron chi connectivity index (χ2n) is 6.48. The molecule has 1 aromatic rings. The molecule has 1 unspecified atom stereocenters. The number of nitrogens with zero attached hydrogens (tertiary/aromatic N) is 4. The maximum Gasteiger partial charge on any atom is 0.194 e. The lowest BCUT2D eigenvalue weighted by atomic mass is 9.98. The molecular formula is C17H31N5O. The van der Waals surface area contributed by atoms with E-state index in [9.17, 15) is 5.11 Å². The summed E-state index contributed by atoms with van der Waals surface area (Å²) in [6.07, 6.45) is 6.63. The van der Waals surface area contributed by atoms with E-state index < -0.39 is 5.60 Å². The SMILES string of the molecule is CCNC(=NCC(O)(CC)CC)N1CCC(c2cnn(C)c2)C1. The maximum atomic E-state index is 10.5. The Kier molecular flexibility index (Phi) is 6.04. The molecule has 2 rings (SSSR count). The van der Waals surface area contributed by atoms with Crippen LogP contribution >= 0.6 is 0 Å². The third-order valence-corrected chi connectivity index (χ3v) is 4.86. The fourth-order valence-electron chi connectivity index (χ4n) is 3.00. The molecule has 0 aromatic carbocycles. The largest absolute Gasteiger partial charge is 0.388 e. The number of aromatic nitrogens is 2. The summed E-state index contributed by atoms with van der Waals surface area (Å²) in [4.78, 5) is 7.00. The molecule has 6 heteroatoms. The number of hydrogen-bond acceptors (Lipinski definition) is 3. The second kappa shape index (κ2) is 7.81. The van der Waals surface area contributed by atoms with E-state index in [-0.39, 0.29) is 0 Å². The van der Waals surface area contributed by atoms with E-state index >= 15 is 0 Å². The lowest BCUT2D eigenvalue weighted by Gasteiger charge is -2.26. The predicted octanol–water partition coefficient (Wildman–Crippen LogP) is 1.73. The highest BCUT2D eigenvalue weighted by Crippen LogP contribution is 2.26. The zero-order chi connectivity index (χ0) is 16.9. The Hall–Kier alpha value is -1.56. The minimum absolute atomic E-state index is 0.455. The molecule has 0 amide bonds. The molecule has 0 bridgehead atoms. The smallest absolute Gasteiger partial charge is 0.194 e. The van der Waals surface area contributed by atoms with Gasteiger partial charge in [-0.1, -0.05) is 13.8 Å². The van der Waals surface area contributed by atoms with Gasteiger partial charge in [-0.3, -0.25) is 9.67 Å². The van der Waals surface area contributed by atoms with Crippen molar-refractivity contribution in [3.8, 4) is 0 Å². The lowest BCUT2D eigenvalue weighted by molar-refractivity contribution is 0.0416. The van der Waals surface area contributed by atoms with Gasteiger partial charge in [-0.05, 0) is 31.7 Å². The molecule has 1 aliphatic heterocycles. The molecule has 1 atom stereocenters. The fraction of sp³-hybridized carbons (Fsp3) is 0.765. The van der Waals surface area contributed by atoms with Crippen molar-refractivity contribution in [2.75, 3.05) is 26.2 Å². The minimum atomic E-state index is -0.691. The van der Waals surface area contributed by atoms with Gasteiger partial charge in [0, 0.05) is 38.8 Å². The monoisotopic (exact) mass is 321 g/mol. The van der Waals surface area contributed by atoms with Crippen LogP contribution in [-0.2, 0) is 7.05 Å². The third kappa shape index (κ3) is 4.47. The highest BCUT2D eigenvalue weighted by molar-refractivity contribution is 5.80. The number of aliphatic hydroxyl groups is 1. The van der Waals surface area contributed by atoms with Gasteiger partial charge < -0.3 is 15.3 Å². The summed E-state index contributed by atoms with van der Waals surface area (Å²) in [6, 6.07) is 0. The predicted molar refractivity (Wildman–Crippen MR) is 93.6 cm³/mol. The summed E-state index contributed by atoms with van der Waals surface area (Å²) < 4.78 is 1.86. The van der Waals surface area contributed by atoms with E-state index in [0.717, 1.165) is 44.9 Å². The molecule has 1 saturated heterocycles. The first-order valence-electron chi connectivity index (χ1n) is 8.75. The van der Waals surface area contributed by atoms with Gasteiger partial charge in [-0.15, -0.1) is 0 Å². The Labute approximate surface area is 139 Å². The molecule has 0 spiro atoms. The molecule has 0 radical (unpaired) electrons. The first-order chi connectivity index (χ1) is 11.0. The van der Waals surface area contributed by atoms with Crippen molar-refractivity contribution >= 4 is 5.96 Å². The van der Waals surface area contributed by atoms with Crippen LogP contribution in [0.2, 0.25) is 0 Å². The average Bonchev–Trinajstić information content (AvgIpc) is 3.20. The summed E-state index contributed by atoms with van der Waals surface area (Å²) in [5, 5.41) is 18.1. The number of nitrogens with one attached hydrogen (secondary N) is 1. The summed E-state index contributed by atoms with van der Waals surface area (Å²) in [6.45, 7) is 9.34. The van der Waals surface area contributed by atoms with Gasteiger partial charge in [0.1, 0.15) is 0 Å². The van der Waals surface area contributed by atoms with E-state index in [4.69, 9.17) is 4.99 Å². The van der Waals surface area contributed by atoms with Crippen LogP contribution < -0.4 is 5.32 Å². The number of hydrogen-bond donors (Lipinski definition) is 2. The first kappa shape index (κ1) is 17.8. The number of likely N-dealkylation sites (tertiary alicyclic amines) is 1. The summed E-state index contributed by atoms with van der Waals surface area (Å²) >= 11 is 0. The number of rotatable bonds is 6. The van der Waals surface area contributed by atoms with E-state index in [1.807, 2.05) is 31.8 Å². The molecule has 1 aliphatic rings. The molecule has 23 heavy (non-hydrogen) atoms. The van der Waals surface area contributed by atoms with Gasteiger partial charge >= 0.3 is 0 Å². The standard InChI is InChI=1S/C17H31N5O/c1-5-17(23,6-2)13-19-16(18-7-3)22-9-8-14(12-22)15-10-20-21(4)11-15/h10-11,14,23H,5-9,12-13H2,1-4H3,(H,18,19). The van der Waals surface area contributed by atoms with Crippen molar-refractivity contribution in [3.05, 3.63) is 18.0 Å². The molecule has 1 fully saturated rings. The van der Waals surface area contributed by atoms with Crippen LogP contribution in [-0.4, -0.2) is 57.5 Å². The van der Waals surface area contributed by atoms with Crippen LogP contribution in [0.1, 0.15) is 51.5 Å². The Balaban J connectivity index is 2.04. The molecule has 0 saturated carbocycles. The minimum Gasteiger partial charge on any atom is -0.388 e. The zero-order valence-corrected chi connectivity index (χ0v) is 14.9. The Morgan fingerprint density at radius 1 is 1.43 bits per heavy atom. The van der Waals surface area contributed by atoms with Gasteiger partial charge in [0.15, 0.2) is 5.96 Å². The molecule has 6 nitrogen and oxygen atoms in total. The molecule has 2 heterocycles. The van der Waals surface area contributed by atoms with Crippen molar-refractivity contribution in [2.45, 2.75) is 51.6 Å². The van der Waals surface area contributed by atoms with E-state index in [1.54, 1.807) is 0 Å². The first-order valence-corrected chi connectivity index (χ1v) is 8.75. The second-order valence-corrected chi connectivity index (χ2v) is 6.48. The average molecular weight is 321 g/mol.